The van der Waals surface area contributed by atoms with Gasteiger partial charge >= 0.3 is 0 Å². The van der Waals surface area contributed by atoms with Gasteiger partial charge in [-0.15, -0.1) is 22.7 Å². The number of nitrogens with zero attached hydrogens (tertiary/aromatic N) is 3. The lowest BCUT2D eigenvalue weighted by atomic mass is 10.1. The van der Waals surface area contributed by atoms with Gasteiger partial charge in [0, 0.05) is 41.9 Å². The van der Waals surface area contributed by atoms with Crippen LogP contribution < -0.4 is 5.56 Å². The molecule has 5 nitrogen and oxygen atoms in total. The van der Waals surface area contributed by atoms with Crippen molar-refractivity contribution in [2.24, 2.45) is 0 Å². The largest absolute Gasteiger partial charge is 0.384 e. The third-order valence-electron chi connectivity index (χ3n) is 5.12. The molecule has 0 radical (unpaired) electrons. The Morgan fingerprint density at radius 1 is 1.25 bits per heavy atom. The Hall–Kier alpha value is -1.54. The first-order valence-corrected chi connectivity index (χ1v) is 11.6. The van der Waals surface area contributed by atoms with E-state index in [1.165, 1.54) is 4.88 Å². The van der Waals surface area contributed by atoms with Gasteiger partial charge in [-0.1, -0.05) is 26.8 Å². The maximum atomic E-state index is 13.6. The van der Waals surface area contributed by atoms with Crippen molar-refractivity contribution in [3.63, 3.8) is 0 Å². The third-order valence-corrected chi connectivity index (χ3v) is 7.23. The molecule has 3 heterocycles. The summed E-state index contributed by atoms with van der Waals surface area (Å²) >= 11 is 3.34. The molecule has 0 saturated heterocycles. The van der Waals surface area contributed by atoms with Crippen LogP contribution in [0.5, 0.6) is 0 Å². The van der Waals surface area contributed by atoms with Gasteiger partial charge in [-0.25, -0.2) is 4.98 Å². The Morgan fingerprint density at radius 2 is 2.04 bits per heavy atom. The molecule has 0 saturated carbocycles. The molecule has 0 atom stereocenters. The van der Waals surface area contributed by atoms with Gasteiger partial charge in [0.15, 0.2) is 0 Å². The number of aromatic nitrogens is 2. The normalized spacial score (nSPS) is 11.8. The van der Waals surface area contributed by atoms with Crippen molar-refractivity contribution in [3.8, 4) is 10.4 Å². The summed E-state index contributed by atoms with van der Waals surface area (Å²) in [5, 5.41) is 2.85. The fraction of sp³-hybridized carbons (Fsp3) is 0.524. The van der Waals surface area contributed by atoms with E-state index in [2.05, 4.69) is 37.1 Å². The summed E-state index contributed by atoms with van der Waals surface area (Å²) in [4.78, 5) is 24.1. The summed E-state index contributed by atoms with van der Waals surface area (Å²) in [6, 6.07) is 4.14. The van der Waals surface area contributed by atoms with Crippen LogP contribution in [0.2, 0.25) is 0 Å². The minimum absolute atomic E-state index is 0.0857. The Balaban J connectivity index is 2.16. The topological polar surface area (TPSA) is 47.4 Å². The molecule has 28 heavy (non-hydrogen) atoms. The van der Waals surface area contributed by atoms with E-state index in [0.29, 0.717) is 19.6 Å². The number of aryl methyl sites for hydroxylation is 1. The summed E-state index contributed by atoms with van der Waals surface area (Å²) in [7, 11) is 1.69. The summed E-state index contributed by atoms with van der Waals surface area (Å²) in [6.07, 6.45) is 1.55. The van der Waals surface area contributed by atoms with Gasteiger partial charge in [-0.3, -0.25) is 9.36 Å². The Kier molecular flexibility index (Phi) is 7.40. The lowest BCUT2D eigenvalue weighted by Crippen LogP contribution is -2.33. The molecule has 0 aliphatic heterocycles. The number of fused-ring (bicyclic) bond motifs is 1. The van der Waals surface area contributed by atoms with Crippen LogP contribution in [0.3, 0.4) is 0 Å². The van der Waals surface area contributed by atoms with Gasteiger partial charge in [-0.05, 0) is 31.0 Å². The minimum atomic E-state index is 0.0857. The first kappa shape index (κ1) is 21.2. The molecule has 0 N–H and O–H groups in total. The van der Waals surface area contributed by atoms with E-state index in [9.17, 15) is 4.79 Å². The van der Waals surface area contributed by atoms with Crippen molar-refractivity contribution in [2.45, 2.75) is 40.2 Å². The first-order valence-electron chi connectivity index (χ1n) is 9.94. The number of hydrogen-bond acceptors (Lipinski definition) is 6. The molecule has 0 bridgehead atoms. The monoisotopic (exact) mass is 419 g/mol. The molecule has 7 heteroatoms. The van der Waals surface area contributed by atoms with Crippen LogP contribution in [0.4, 0.5) is 0 Å². The molecule has 152 valence electrons. The van der Waals surface area contributed by atoms with E-state index in [1.807, 2.05) is 10.6 Å². The van der Waals surface area contributed by atoms with Crippen molar-refractivity contribution in [1.82, 2.24) is 14.5 Å². The Bertz CT molecular complexity index is 956. The highest BCUT2D eigenvalue weighted by Crippen LogP contribution is 2.38. The summed E-state index contributed by atoms with van der Waals surface area (Å²) < 4.78 is 7.15. The van der Waals surface area contributed by atoms with Crippen molar-refractivity contribution in [2.75, 3.05) is 33.4 Å². The standard InChI is InChI=1S/C21H29N3O2S2/c1-5-15-18(16-9-8-14-27-16)19-20(28-15)22-17(10-13-26-4)24(21(19)25)12-11-23(6-2)7-3/h8-9,14H,5-7,10-13H2,1-4H3. The predicted octanol–water partition coefficient (Wildman–Crippen LogP) is 4.28. The second-order valence-corrected chi connectivity index (χ2v) is 8.70. The predicted molar refractivity (Wildman–Crippen MR) is 120 cm³/mol. The van der Waals surface area contributed by atoms with Gasteiger partial charge in [0.05, 0.1) is 12.0 Å². The van der Waals surface area contributed by atoms with Crippen molar-refractivity contribution < 1.29 is 4.74 Å². The molecule has 0 unspecified atom stereocenters. The molecule has 3 aromatic rings. The summed E-state index contributed by atoms with van der Waals surface area (Å²) in [6.45, 7) is 10.5. The van der Waals surface area contributed by atoms with Gasteiger partial charge in [0.2, 0.25) is 0 Å². The number of thiophene rings is 2. The SMILES string of the molecule is CCc1sc2nc(CCOC)n(CCN(CC)CC)c(=O)c2c1-c1cccs1. The number of methoxy groups -OCH3 is 1. The fourth-order valence-corrected chi connectivity index (χ4v) is 5.50. The van der Waals surface area contributed by atoms with Crippen LogP contribution in [0.15, 0.2) is 22.3 Å². The van der Waals surface area contributed by atoms with Crippen LogP contribution in [0, 0.1) is 0 Å². The third kappa shape index (κ3) is 4.22. The Morgan fingerprint density at radius 3 is 2.64 bits per heavy atom. The van der Waals surface area contributed by atoms with Gasteiger partial charge in [0.1, 0.15) is 10.7 Å². The highest BCUT2D eigenvalue weighted by molar-refractivity contribution is 7.20. The highest BCUT2D eigenvalue weighted by Gasteiger charge is 2.21. The molecule has 0 fully saturated rings. The van der Waals surface area contributed by atoms with E-state index in [4.69, 9.17) is 9.72 Å². The molecule has 0 amide bonds. The zero-order valence-electron chi connectivity index (χ0n) is 17.2. The van der Waals surface area contributed by atoms with Crippen LogP contribution >= 0.6 is 22.7 Å². The maximum Gasteiger partial charge on any atom is 0.262 e. The summed E-state index contributed by atoms with van der Waals surface area (Å²) in [5.41, 5.74) is 1.17. The second-order valence-electron chi connectivity index (χ2n) is 6.67. The Labute approximate surface area is 174 Å². The molecule has 0 aliphatic carbocycles. The second kappa shape index (κ2) is 9.78. The van der Waals surface area contributed by atoms with Gasteiger partial charge in [0.25, 0.3) is 5.56 Å². The van der Waals surface area contributed by atoms with E-state index >= 15 is 0 Å². The zero-order chi connectivity index (χ0) is 20.1. The van der Waals surface area contributed by atoms with E-state index < -0.39 is 0 Å². The van der Waals surface area contributed by atoms with Crippen molar-refractivity contribution in [3.05, 3.63) is 38.6 Å². The highest BCUT2D eigenvalue weighted by atomic mass is 32.1. The average Bonchev–Trinajstić information content (AvgIpc) is 3.35. The van der Waals surface area contributed by atoms with Crippen LogP contribution in [0.25, 0.3) is 20.7 Å². The van der Waals surface area contributed by atoms with Crippen LogP contribution in [0.1, 0.15) is 31.5 Å². The molecule has 0 spiro atoms. The van der Waals surface area contributed by atoms with Crippen molar-refractivity contribution >= 4 is 32.9 Å². The van der Waals surface area contributed by atoms with Crippen molar-refractivity contribution in [1.29, 1.82) is 0 Å². The smallest absolute Gasteiger partial charge is 0.262 e. The van der Waals surface area contributed by atoms with E-state index in [-0.39, 0.29) is 5.56 Å². The lowest BCUT2D eigenvalue weighted by molar-refractivity contribution is 0.198. The average molecular weight is 420 g/mol. The molecule has 0 aliphatic rings. The first-order chi connectivity index (χ1) is 13.6. The minimum Gasteiger partial charge on any atom is -0.384 e. The summed E-state index contributed by atoms with van der Waals surface area (Å²) in [5.74, 6) is 0.827. The van der Waals surface area contributed by atoms with Gasteiger partial charge in [-0.2, -0.15) is 0 Å². The zero-order valence-corrected chi connectivity index (χ0v) is 18.8. The molecular formula is C21H29N3O2S2. The number of likely N-dealkylation sites (N-methyl/N-ethyl adjacent to an activating group) is 1. The molecule has 0 aromatic carbocycles. The molecular weight excluding hydrogens is 390 g/mol. The number of ether oxygens (including phenoxy) is 1. The van der Waals surface area contributed by atoms with Crippen LogP contribution in [-0.4, -0.2) is 47.8 Å². The quantitative estimate of drug-likeness (QED) is 0.492. The molecule has 3 rings (SSSR count). The van der Waals surface area contributed by atoms with E-state index in [1.54, 1.807) is 29.8 Å². The fourth-order valence-electron chi connectivity index (χ4n) is 3.50. The number of hydrogen-bond donors (Lipinski definition) is 0. The molecule has 3 aromatic heterocycles. The van der Waals surface area contributed by atoms with Crippen LogP contribution in [-0.2, 0) is 24.1 Å². The van der Waals surface area contributed by atoms with E-state index in [0.717, 1.165) is 52.5 Å². The number of rotatable bonds is 10. The maximum absolute atomic E-state index is 13.6. The lowest BCUT2D eigenvalue weighted by Gasteiger charge is -2.20. The van der Waals surface area contributed by atoms with Gasteiger partial charge < -0.3 is 9.64 Å².